The van der Waals surface area contributed by atoms with Crippen molar-refractivity contribution in [2.45, 2.75) is 16.2 Å². The van der Waals surface area contributed by atoms with Crippen molar-refractivity contribution in [3.05, 3.63) is 29.3 Å². The van der Waals surface area contributed by atoms with Crippen molar-refractivity contribution < 1.29 is 9.84 Å². The van der Waals surface area contributed by atoms with Crippen LogP contribution in [0.2, 0.25) is 5.02 Å². The third-order valence-electron chi connectivity index (χ3n) is 2.10. The highest BCUT2D eigenvalue weighted by Crippen LogP contribution is 2.29. The summed E-state index contributed by atoms with van der Waals surface area (Å²) >= 11 is 7.41. The molecule has 2 unspecified atom stereocenters. The Labute approximate surface area is 92.2 Å². The molecule has 76 valence electrons. The summed E-state index contributed by atoms with van der Waals surface area (Å²) in [6, 6.07) is 7.62. The highest BCUT2D eigenvalue weighted by Gasteiger charge is 2.26. The van der Waals surface area contributed by atoms with Crippen LogP contribution in [-0.4, -0.2) is 29.7 Å². The summed E-state index contributed by atoms with van der Waals surface area (Å²) < 4.78 is 5.17. The van der Waals surface area contributed by atoms with Crippen LogP contribution in [0.1, 0.15) is 0 Å². The highest BCUT2D eigenvalue weighted by atomic mass is 35.5. The van der Waals surface area contributed by atoms with Crippen LogP contribution in [0.5, 0.6) is 0 Å². The van der Waals surface area contributed by atoms with E-state index < -0.39 is 0 Å². The molecule has 1 aliphatic heterocycles. The first-order valence-corrected chi connectivity index (χ1v) is 5.69. The highest BCUT2D eigenvalue weighted by molar-refractivity contribution is 8.00. The number of ether oxygens (including phenoxy) is 1. The number of thioether (sulfide) groups is 1. The number of hydrogen-bond acceptors (Lipinski definition) is 3. The average Bonchev–Trinajstić information content (AvgIpc) is 2.56. The lowest BCUT2D eigenvalue weighted by Crippen LogP contribution is -2.19. The molecular weight excluding hydrogens is 220 g/mol. The fourth-order valence-corrected chi connectivity index (χ4v) is 2.49. The number of aliphatic hydroxyl groups is 1. The summed E-state index contributed by atoms with van der Waals surface area (Å²) in [5, 5.41) is 10.4. The third-order valence-corrected chi connectivity index (χ3v) is 3.65. The smallest absolute Gasteiger partial charge is 0.0917 e. The van der Waals surface area contributed by atoms with E-state index in [1.165, 1.54) is 0 Å². The van der Waals surface area contributed by atoms with Gasteiger partial charge in [0.1, 0.15) is 0 Å². The normalized spacial score (nSPS) is 26.7. The van der Waals surface area contributed by atoms with Crippen molar-refractivity contribution in [3.63, 3.8) is 0 Å². The van der Waals surface area contributed by atoms with Crippen LogP contribution in [0.25, 0.3) is 0 Å². The number of hydrogen-bond donors (Lipinski definition) is 1. The second kappa shape index (κ2) is 4.53. The van der Waals surface area contributed by atoms with E-state index in [-0.39, 0.29) is 11.4 Å². The van der Waals surface area contributed by atoms with Crippen molar-refractivity contribution in [1.29, 1.82) is 0 Å². The number of aliphatic hydroxyl groups excluding tert-OH is 1. The summed E-state index contributed by atoms with van der Waals surface area (Å²) in [6.07, 6.45) is -0.351. The molecule has 1 aliphatic rings. The molecule has 1 saturated heterocycles. The fourth-order valence-electron chi connectivity index (χ4n) is 1.32. The van der Waals surface area contributed by atoms with E-state index in [1.807, 2.05) is 24.3 Å². The minimum atomic E-state index is -0.351. The van der Waals surface area contributed by atoms with Crippen LogP contribution in [-0.2, 0) is 4.74 Å². The van der Waals surface area contributed by atoms with Gasteiger partial charge in [0.05, 0.1) is 24.6 Å². The zero-order chi connectivity index (χ0) is 9.97. The van der Waals surface area contributed by atoms with Crippen molar-refractivity contribution in [3.8, 4) is 0 Å². The maximum Gasteiger partial charge on any atom is 0.0917 e. The third kappa shape index (κ3) is 2.42. The van der Waals surface area contributed by atoms with Gasteiger partial charge in [-0.15, -0.1) is 11.8 Å². The Morgan fingerprint density at radius 3 is 2.57 bits per heavy atom. The van der Waals surface area contributed by atoms with Crippen molar-refractivity contribution in [2.75, 3.05) is 13.2 Å². The van der Waals surface area contributed by atoms with Crippen LogP contribution in [0.4, 0.5) is 0 Å². The molecule has 0 aliphatic carbocycles. The molecule has 1 aromatic carbocycles. The maximum atomic E-state index is 9.53. The van der Waals surface area contributed by atoms with Gasteiger partial charge in [0.2, 0.25) is 0 Å². The Morgan fingerprint density at radius 1 is 1.29 bits per heavy atom. The predicted molar refractivity (Wildman–Crippen MR) is 57.9 cm³/mol. The molecule has 1 aromatic rings. The molecular formula is C10H11ClO2S. The van der Waals surface area contributed by atoms with E-state index in [0.717, 1.165) is 9.92 Å². The number of rotatable bonds is 2. The Kier molecular flexibility index (Phi) is 3.34. The summed E-state index contributed by atoms with van der Waals surface area (Å²) in [7, 11) is 0. The van der Waals surface area contributed by atoms with Crippen molar-refractivity contribution in [1.82, 2.24) is 0 Å². The summed E-state index contributed by atoms with van der Waals surface area (Å²) in [5.74, 6) is 0. The largest absolute Gasteiger partial charge is 0.389 e. The van der Waals surface area contributed by atoms with E-state index in [9.17, 15) is 5.11 Å². The first kappa shape index (κ1) is 10.3. The van der Waals surface area contributed by atoms with Gasteiger partial charge in [0.15, 0.2) is 0 Å². The SMILES string of the molecule is OC1COCC1Sc1ccc(Cl)cc1. The first-order chi connectivity index (χ1) is 6.75. The van der Waals surface area contributed by atoms with Crippen LogP contribution in [0.15, 0.2) is 29.2 Å². The molecule has 14 heavy (non-hydrogen) atoms. The molecule has 4 heteroatoms. The predicted octanol–water partition coefficient (Wildman–Crippen LogP) is 2.19. The van der Waals surface area contributed by atoms with Crippen molar-refractivity contribution in [2.24, 2.45) is 0 Å². The fraction of sp³-hybridized carbons (Fsp3) is 0.400. The van der Waals surface area contributed by atoms with Crippen LogP contribution >= 0.6 is 23.4 Å². The monoisotopic (exact) mass is 230 g/mol. The second-order valence-electron chi connectivity index (χ2n) is 3.22. The number of halogens is 1. The molecule has 0 amide bonds. The lowest BCUT2D eigenvalue weighted by molar-refractivity contribution is 0.127. The molecule has 2 nitrogen and oxygen atoms in total. The van der Waals surface area contributed by atoms with Gasteiger partial charge in [0.25, 0.3) is 0 Å². The molecule has 1 N–H and O–H groups in total. The lowest BCUT2D eigenvalue weighted by atomic mass is 10.3. The minimum Gasteiger partial charge on any atom is -0.389 e. The van der Waals surface area contributed by atoms with Gasteiger partial charge < -0.3 is 9.84 Å². The van der Waals surface area contributed by atoms with E-state index in [2.05, 4.69) is 0 Å². The van der Waals surface area contributed by atoms with E-state index >= 15 is 0 Å². The Hall–Kier alpha value is -0.220. The Morgan fingerprint density at radius 2 is 2.00 bits per heavy atom. The maximum absolute atomic E-state index is 9.53. The first-order valence-electron chi connectivity index (χ1n) is 4.44. The van der Waals surface area contributed by atoms with Crippen molar-refractivity contribution >= 4 is 23.4 Å². The van der Waals surface area contributed by atoms with Crippen LogP contribution in [0.3, 0.4) is 0 Å². The molecule has 0 spiro atoms. The topological polar surface area (TPSA) is 29.5 Å². The molecule has 1 heterocycles. The molecule has 0 bridgehead atoms. The standard InChI is InChI=1S/C10H11ClO2S/c11-7-1-3-8(4-2-7)14-10-6-13-5-9(10)12/h1-4,9-10,12H,5-6H2. The van der Waals surface area contributed by atoms with E-state index in [0.29, 0.717) is 13.2 Å². The van der Waals surface area contributed by atoms with Gasteiger partial charge in [0, 0.05) is 9.92 Å². The van der Waals surface area contributed by atoms with Gasteiger partial charge in [-0.3, -0.25) is 0 Å². The van der Waals surface area contributed by atoms with Gasteiger partial charge in [-0.25, -0.2) is 0 Å². The van der Waals surface area contributed by atoms with Crippen LogP contribution in [0, 0.1) is 0 Å². The van der Waals surface area contributed by atoms with E-state index in [4.69, 9.17) is 16.3 Å². The van der Waals surface area contributed by atoms with Gasteiger partial charge in [-0.05, 0) is 24.3 Å². The Bertz CT molecular complexity index is 301. The second-order valence-corrected chi connectivity index (χ2v) is 4.96. The molecule has 0 radical (unpaired) electrons. The molecule has 2 rings (SSSR count). The summed E-state index contributed by atoms with van der Waals surface area (Å²) in [6.45, 7) is 1.07. The Balaban J connectivity index is 2.00. The summed E-state index contributed by atoms with van der Waals surface area (Å²) in [4.78, 5) is 1.11. The number of benzene rings is 1. The molecule has 1 fully saturated rings. The van der Waals surface area contributed by atoms with Gasteiger partial charge in [-0.2, -0.15) is 0 Å². The van der Waals surface area contributed by atoms with E-state index in [1.54, 1.807) is 11.8 Å². The molecule has 0 aromatic heterocycles. The van der Waals surface area contributed by atoms with Gasteiger partial charge >= 0.3 is 0 Å². The lowest BCUT2D eigenvalue weighted by Gasteiger charge is -2.11. The molecule has 2 atom stereocenters. The average molecular weight is 231 g/mol. The summed E-state index contributed by atoms with van der Waals surface area (Å²) in [5.41, 5.74) is 0. The zero-order valence-electron chi connectivity index (χ0n) is 7.52. The van der Waals surface area contributed by atoms with Crippen LogP contribution < -0.4 is 0 Å². The van der Waals surface area contributed by atoms with Gasteiger partial charge in [-0.1, -0.05) is 11.6 Å². The molecule has 0 saturated carbocycles. The quantitative estimate of drug-likeness (QED) is 0.845. The zero-order valence-corrected chi connectivity index (χ0v) is 9.09. The minimum absolute atomic E-state index is 0.149.